The molecule has 32 nitrogen and oxygen atoms in total. The van der Waals surface area contributed by atoms with Crippen molar-refractivity contribution in [3.8, 4) is 35.8 Å². The van der Waals surface area contributed by atoms with Crippen LogP contribution in [0, 0.1) is 34.1 Å². The molecule has 0 radical (unpaired) electrons. The molecule has 12 heterocycles. The number of hydrogen-bond acceptors (Lipinski definition) is 24. The van der Waals surface area contributed by atoms with E-state index >= 15 is 0 Å². The number of nitrogens with zero attached hydrogens (tertiary/aromatic N) is 21. The lowest BCUT2D eigenvalue weighted by Gasteiger charge is -2.31. The van der Waals surface area contributed by atoms with Crippen LogP contribution in [-0.4, -0.2) is 146 Å². The van der Waals surface area contributed by atoms with Crippen molar-refractivity contribution in [2.75, 3.05) is 56.4 Å². The van der Waals surface area contributed by atoms with Gasteiger partial charge in [0.1, 0.15) is 27.4 Å². The van der Waals surface area contributed by atoms with Gasteiger partial charge in [-0.15, -0.1) is 30.1 Å². The van der Waals surface area contributed by atoms with Crippen LogP contribution in [0.1, 0.15) is 174 Å². The zero-order chi connectivity index (χ0) is 87.5. The van der Waals surface area contributed by atoms with Gasteiger partial charge in [-0.2, -0.15) is 30.0 Å². The van der Waals surface area contributed by atoms with Crippen LogP contribution in [-0.2, 0) is 59.2 Å². The average Bonchev–Trinajstić information content (AvgIpc) is 1.60. The van der Waals surface area contributed by atoms with Gasteiger partial charge in [0.15, 0.2) is 39.6 Å². The molecule has 123 heavy (non-hydrogen) atoms. The maximum Gasteiger partial charge on any atom is 0.410 e. The number of halogens is 2. The SMILES string of the molecule is CC(C)(C)OC(=O)N1CCc2ccc(N)cc2C1.CC(C)n1c(=O)c2cnc(Nc3ccc4c(c3)CN(C(=O)OC(C)(C)C)CC4)nc2n1-c1cccc(C(C)(C)C#N)n1.CC(C)n1c(=O)c2cnc(Nc3ccc4c(c3)CNCC4)nc2n1-c1cccc([N+](C)(C)C#N)n1.CSc1ncc2c(=O)n(C(C)C)n(-c3cccc(C(C)(C)C#N)n3)c2n1.Cl.Cl. The number of carbonyl (C=O) groups is 2. The summed E-state index contributed by atoms with van der Waals surface area (Å²) in [6.45, 7) is 34.1. The van der Waals surface area contributed by atoms with E-state index in [1.807, 2.05) is 182 Å². The van der Waals surface area contributed by atoms with E-state index < -0.39 is 22.0 Å². The van der Waals surface area contributed by atoms with Gasteiger partial charge < -0.3 is 41.0 Å². The number of thioether (sulfide) groups is 1. The summed E-state index contributed by atoms with van der Waals surface area (Å²) in [6, 6.07) is 38.6. The lowest BCUT2D eigenvalue weighted by atomic mass is 9.91. The Morgan fingerprint density at radius 1 is 0.512 bits per heavy atom. The Labute approximate surface area is 730 Å². The van der Waals surface area contributed by atoms with Gasteiger partial charge in [0, 0.05) is 92.6 Å². The predicted molar refractivity (Wildman–Crippen MR) is 483 cm³/mol. The van der Waals surface area contributed by atoms with Crippen molar-refractivity contribution in [3.63, 3.8) is 0 Å². The van der Waals surface area contributed by atoms with Crippen molar-refractivity contribution >= 4 is 117 Å². The molecule has 0 unspecified atom stereocenters. The van der Waals surface area contributed by atoms with Crippen LogP contribution in [0.15, 0.2) is 147 Å². The van der Waals surface area contributed by atoms with Crippen LogP contribution in [0.25, 0.3) is 50.6 Å². The third-order valence-corrected chi connectivity index (χ3v) is 20.9. The molecule has 9 aromatic heterocycles. The van der Waals surface area contributed by atoms with Gasteiger partial charge in [-0.05, 0) is 243 Å². The van der Waals surface area contributed by atoms with Crippen molar-refractivity contribution < 1.29 is 19.1 Å². The van der Waals surface area contributed by atoms with Crippen LogP contribution in [0.5, 0.6) is 0 Å². The number of rotatable bonds is 14. The zero-order valence-electron chi connectivity index (χ0n) is 72.8. The second-order valence-corrected chi connectivity index (χ2v) is 35.0. The highest BCUT2D eigenvalue weighted by atomic mass is 35.5. The van der Waals surface area contributed by atoms with Crippen LogP contribution in [0.3, 0.4) is 0 Å². The minimum Gasteiger partial charge on any atom is -0.444 e. The Morgan fingerprint density at radius 3 is 1.33 bits per heavy atom. The lowest BCUT2D eigenvalue weighted by Crippen LogP contribution is -2.39. The van der Waals surface area contributed by atoms with E-state index in [0.717, 1.165) is 60.5 Å². The summed E-state index contributed by atoms with van der Waals surface area (Å²) in [7, 11) is 3.52. The summed E-state index contributed by atoms with van der Waals surface area (Å²) < 4.78 is 20.8. The van der Waals surface area contributed by atoms with E-state index in [-0.39, 0.29) is 76.3 Å². The van der Waals surface area contributed by atoms with E-state index in [2.05, 4.69) is 71.3 Å². The maximum absolute atomic E-state index is 13.4. The first-order valence-electron chi connectivity index (χ1n) is 40.1. The predicted octanol–water partition coefficient (Wildman–Crippen LogP) is 14.9. The number of hydrogen-bond donors (Lipinski definition) is 4. The molecular weight excluding hydrogens is 1620 g/mol. The number of carbonyl (C=O) groups excluding carboxylic acids is 2. The summed E-state index contributed by atoms with van der Waals surface area (Å²) in [5, 5.41) is 40.4. The normalized spacial score (nSPS) is 13.3. The first-order chi connectivity index (χ1) is 57.2. The summed E-state index contributed by atoms with van der Waals surface area (Å²) >= 11 is 1.41. The molecule has 3 aliphatic heterocycles. The van der Waals surface area contributed by atoms with Crippen LogP contribution in [0.2, 0.25) is 0 Å². The molecule has 644 valence electrons. The molecule has 0 fully saturated rings. The number of benzene rings is 3. The number of aromatic nitrogens is 15. The third-order valence-electron chi connectivity index (χ3n) is 20.4. The topological polar surface area (TPSA) is 389 Å². The highest BCUT2D eigenvalue weighted by Crippen LogP contribution is 2.32. The minimum atomic E-state index is -0.810. The number of anilines is 5. The second kappa shape index (κ2) is 37.4. The Bertz CT molecular complexity index is 6280. The number of nitrogens with one attached hydrogen (secondary N) is 3. The first kappa shape index (κ1) is 92.7. The van der Waals surface area contributed by atoms with Gasteiger partial charge in [0.05, 0.1) is 48.5 Å². The fourth-order valence-electron chi connectivity index (χ4n) is 14.0. The van der Waals surface area contributed by atoms with Gasteiger partial charge in [-0.3, -0.25) is 14.4 Å². The largest absolute Gasteiger partial charge is 0.444 e. The Hall–Kier alpha value is -12.6. The number of amides is 2. The number of nitrogens with two attached hydrogens (primary N) is 1. The van der Waals surface area contributed by atoms with E-state index in [1.54, 1.807) is 96.4 Å². The summed E-state index contributed by atoms with van der Waals surface area (Å²) in [5.74, 6) is 2.80. The maximum atomic E-state index is 13.4. The van der Waals surface area contributed by atoms with Gasteiger partial charge in [-0.25, -0.2) is 67.6 Å². The van der Waals surface area contributed by atoms with Crippen molar-refractivity contribution in [2.24, 2.45) is 0 Å². The van der Waals surface area contributed by atoms with E-state index in [1.165, 1.54) is 40.2 Å². The molecule has 0 aliphatic carbocycles. The molecular formula is C88H106Cl2N25O7S+. The fraction of sp³-hybridized carbons (Fsp3) is 0.398. The molecule has 0 spiro atoms. The molecule has 2 amide bonds. The number of nitriles is 3. The van der Waals surface area contributed by atoms with Gasteiger partial charge >= 0.3 is 18.4 Å². The number of pyridine rings is 3. The Kier molecular flexibility index (Phi) is 28.2. The summed E-state index contributed by atoms with van der Waals surface area (Å²) in [6.07, 6.45) is 10.8. The van der Waals surface area contributed by atoms with Crippen LogP contribution in [0.4, 0.5) is 44.4 Å². The number of ether oxygens (including phenoxy) is 2. The smallest absolute Gasteiger partial charge is 0.410 e. The van der Waals surface area contributed by atoms with Crippen molar-refractivity contribution in [1.29, 1.82) is 15.8 Å². The van der Waals surface area contributed by atoms with E-state index in [0.29, 0.717) is 111 Å². The van der Waals surface area contributed by atoms with Crippen LogP contribution < -0.4 is 42.8 Å². The highest BCUT2D eigenvalue weighted by Gasteiger charge is 2.32. The average molecular weight is 1730 g/mol. The monoisotopic (exact) mass is 1730 g/mol. The Balaban J connectivity index is 0.000000178. The molecule has 0 bridgehead atoms. The van der Waals surface area contributed by atoms with Gasteiger partial charge in [-0.1, -0.05) is 48.2 Å². The fourth-order valence-corrected chi connectivity index (χ4v) is 14.4. The standard InChI is InChI=1S/C31H36N8O3.C25H27N9O.C18H20N6OS.C14H20N2O2.2ClH/c1-19(2)38-27(40)23-16-33-28(36-26(23)39(38)25-10-8-9-24(35-25)31(6,7)18-32)34-22-12-11-20-13-14-37(17-21(20)15-22)29(41)42-30(3,4)5;1-16(2)32-24(35)20-14-28-25(29-19-9-8-17-10-11-27-13-18(17)12-19)31-23(20)33(32)21-6-5-7-22(30-21)34(3,4)15-26;1-11(2)23-16(25)12-9-20-17(26-5)22-15(12)24(23)14-8-6-7-13(21-14)18(3,4)10-19;1-14(2,3)18-13(17)16-7-6-10-4-5-12(15)8-11(10)9-16;;/h8-12,15-16,19H,13-14,17H2,1-7H3,(H,33,34,36);5-9,12,14,16,27H,10-11,13H2,1-4H3;6-9,11H,1-5H3;4-5,8H,6-7,9,15H2,1-3H3;2*1H/p+1. The number of fused-ring (bicyclic) bond motifs is 6. The Morgan fingerprint density at radius 2 is 0.911 bits per heavy atom. The molecule has 15 rings (SSSR count). The lowest BCUT2D eigenvalue weighted by molar-refractivity contribution is 0.0214. The molecule has 35 heteroatoms. The van der Waals surface area contributed by atoms with Gasteiger partial charge in [0.2, 0.25) is 17.7 Å². The summed E-state index contributed by atoms with van der Waals surface area (Å²) in [5.41, 5.74) is 14.8. The number of nitrogen functional groups attached to an aromatic ring is 1. The van der Waals surface area contributed by atoms with Crippen molar-refractivity contribution in [3.05, 3.63) is 204 Å². The molecule has 5 N–H and O–H groups in total. The quantitative estimate of drug-likeness (QED) is 0.0258. The zero-order valence-corrected chi connectivity index (χ0v) is 75.2. The molecule has 0 saturated heterocycles. The van der Waals surface area contributed by atoms with Crippen molar-refractivity contribution in [2.45, 2.75) is 195 Å². The first-order valence-corrected chi connectivity index (χ1v) is 41.3. The number of quaternary nitrogens is 1. The third kappa shape index (κ3) is 20.6. The molecule has 0 saturated carbocycles. The minimum absolute atomic E-state index is 0. The second-order valence-electron chi connectivity index (χ2n) is 34.2. The highest BCUT2D eigenvalue weighted by molar-refractivity contribution is 7.98. The molecule has 12 aromatic rings. The molecule has 0 atom stereocenters. The molecule has 3 aliphatic rings. The van der Waals surface area contributed by atoms with Crippen molar-refractivity contribution in [1.82, 2.24) is 92.5 Å². The van der Waals surface area contributed by atoms with E-state index in [4.69, 9.17) is 35.1 Å². The molecule has 3 aromatic carbocycles. The van der Waals surface area contributed by atoms with E-state index in [9.17, 15) is 39.8 Å². The van der Waals surface area contributed by atoms with Crippen LogP contribution >= 0.6 is 36.6 Å². The van der Waals surface area contributed by atoms with Gasteiger partial charge in [0.25, 0.3) is 16.7 Å². The summed E-state index contributed by atoms with van der Waals surface area (Å²) in [4.78, 5) is 109.